The predicted molar refractivity (Wildman–Crippen MR) is 114 cm³/mol. The molecule has 0 radical (unpaired) electrons. The number of fused-ring (bicyclic) bond motifs is 1. The summed E-state index contributed by atoms with van der Waals surface area (Å²) in [6, 6.07) is 11.7. The van der Waals surface area contributed by atoms with Crippen LogP contribution in [0.15, 0.2) is 48.7 Å². The van der Waals surface area contributed by atoms with Crippen molar-refractivity contribution in [2.75, 3.05) is 5.32 Å². The molecule has 0 saturated heterocycles. The highest BCUT2D eigenvalue weighted by Gasteiger charge is 2.19. The third kappa shape index (κ3) is 3.59. The summed E-state index contributed by atoms with van der Waals surface area (Å²) in [6.07, 6.45) is 1.78. The van der Waals surface area contributed by atoms with E-state index < -0.39 is 4.92 Å². The van der Waals surface area contributed by atoms with Crippen LogP contribution in [0.25, 0.3) is 16.2 Å². The fraction of sp³-hybridized carbons (Fsp3) is 0.100. The van der Waals surface area contributed by atoms with Gasteiger partial charge < -0.3 is 5.32 Å². The lowest BCUT2D eigenvalue weighted by atomic mass is 10.1. The molecule has 2 aromatic carbocycles. The summed E-state index contributed by atoms with van der Waals surface area (Å²) in [5, 5.41) is 14.4. The first kappa shape index (κ1) is 19.1. The third-order valence-corrected chi connectivity index (χ3v) is 6.11. The first-order chi connectivity index (χ1) is 13.8. The van der Waals surface area contributed by atoms with Crippen LogP contribution in [0.2, 0.25) is 5.02 Å². The third-order valence-electron chi connectivity index (χ3n) is 4.55. The zero-order chi connectivity index (χ0) is 20.7. The monoisotopic (exact) mass is 426 g/mol. The van der Waals surface area contributed by atoms with Gasteiger partial charge in [0.1, 0.15) is 4.88 Å². The van der Waals surface area contributed by atoms with Gasteiger partial charge in [-0.15, -0.1) is 0 Å². The van der Waals surface area contributed by atoms with Gasteiger partial charge in [0, 0.05) is 40.3 Å². The SMILES string of the molecule is Cc1ccc(NC(=O)c2sc3nc(-c4cccc([N+](=O)[O-])c4)cn3c2C)cc1Cl. The topological polar surface area (TPSA) is 89.5 Å². The van der Waals surface area contributed by atoms with E-state index in [0.717, 1.165) is 11.3 Å². The summed E-state index contributed by atoms with van der Waals surface area (Å²) >= 11 is 7.38. The van der Waals surface area contributed by atoms with E-state index >= 15 is 0 Å². The summed E-state index contributed by atoms with van der Waals surface area (Å²) < 4.78 is 1.82. The molecule has 4 rings (SSSR count). The quantitative estimate of drug-likeness (QED) is 0.345. The molecule has 0 bridgehead atoms. The summed E-state index contributed by atoms with van der Waals surface area (Å²) in [5.41, 5.74) is 3.56. The number of anilines is 1. The number of aryl methyl sites for hydroxylation is 2. The number of aromatic nitrogens is 2. The number of carbonyl (C=O) groups is 1. The Hall–Kier alpha value is -3.23. The van der Waals surface area contributed by atoms with Crippen molar-refractivity contribution >= 4 is 45.2 Å². The Labute approximate surface area is 174 Å². The van der Waals surface area contributed by atoms with E-state index in [1.807, 2.05) is 24.3 Å². The molecule has 2 heterocycles. The number of halogens is 1. The smallest absolute Gasteiger partial charge is 0.270 e. The fourth-order valence-electron chi connectivity index (χ4n) is 2.94. The second-order valence-corrected chi connectivity index (χ2v) is 7.91. The number of hydrogen-bond acceptors (Lipinski definition) is 5. The molecule has 146 valence electrons. The Balaban J connectivity index is 1.64. The van der Waals surface area contributed by atoms with Crippen molar-refractivity contribution in [2.45, 2.75) is 13.8 Å². The molecule has 0 fully saturated rings. The molecule has 0 aliphatic heterocycles. The first-order valence-electron chi connectivity index (χ1n) is 8.64. The van der Waals surface area contributed by atoms with Gasteiger partial charge in [0.25, 0.3) is 11.6 Å². The Bertz CT molecular complexity index is 1280. The average Bonchev–Trinajstić information content (AvgIpc) is 3.24. The minimum atomic E-state index is -0.438. The number of benzene rings is 2. The molecular formula is C20H15ClN4O3S. The number of nitro groups is 1. The fourth-order valence-corrected chi connectivity index (χ4v) is 4.12. The average molecular weight is 427 g/mol. The number of carbonyl (C=O) groups excluding carboxylic acids is 1. The molecule has 4 aromatic rings. The number of non-ortho nitro benzene ring substituents is 1. The molecule has 1 amide bonds. The molecule has 0 spiro atoms. The van der Waals surface area contributed by atoms with Crippen LogP contribution < -0.4 is 5.32 Å². The second-order valence-electron chi connectivity index (χ2n) is 6.52. The van der Waals surface area contributed by atoms with Crippen LogP contribution in [0.4, 0.5) is 11.4 Å². The molecule has 0 aliphatic rings. The van der Waals surface area contributed by atoms with Crippen LogP contribution in [0.3, 0.4) is 0 Å². The number of amides is 1. The van der Waals surface area contributed by atoms with Gasteiger partial charge in [-0.05, 0) is 31.5 Å². The van der Waals surface area contributed by atoms with Crippen molar-refractivity contribution < 1.29 is 9.72 Å². The standard InChI is InChI=1S/C20H15ClN4O3S/c1-11-6-7-14(9-16(11)21)22-19(26)18-12(2)24-10-17(23-20(24)29-18)13-4-3-5-15(8-13)25(27)28/h3-10H,1-2H3,(H,22,26). The van der Waals surface area contributed by atoms with Crippen molar-refractivity contribution in [3.05, 3.63) is 79.9 Å². The van der Waals surface area contributed by atoms with Crippen molar-refractivity contribution in [3.8, 4) is 11.3 Å². The van der Waals surface area contributed by atoms with Crippen LogP contribution in [-0.2, 0) is 0 Å². The Morgan fingerprint density at radius 3 is 2.72 bits per heavy atom. The van der Waals surface area contributed by atoms with Crippen LogP contribution >= 0.6 is 22.9 Å². The van der Waals surface area contributed by atoms with Gasteiger partial charge in [-0.25, -0.2) is 4.98 Å². The number of thiazole rings is 1. The van der Waals surface area contributed by atoms with E-state index in [1.54, 1.807) is 30.5 Å². The number of imidazole rings is 1. The molecule has 1 N–H and O–H groups in total. The summed E-state index contributed by atoms with van der Waals surface area (Å²) in [5.74, 6) is -0.241. The zero-order valence-electron chi connectivity index (χ0n) is 15.5. The lowest BCUT2D eigenvalue weighted by Gasteiger charge is -2.06. The van der Waals surface area contributed by atoms with Gasteiger partial charge in [0.05, 0.1) is 10.6 Å². The minimum Gasteiger partial charge on any atom is -0.321 e. The number of nitrogens with zero attached hydrogens (tertiary/aromatic N) is 3. The van der Waals surface area contributed by atoms with Gasteiger partial charge in [-0.1, -0.05) is 41.1 Å². The van der Waals surface area contributed by atoms with E-state index in [9.17, 15) is 14.9 Å². The Morgan fingerprint density at radius 2 is 2.03 bits per heavy atom. The largest absolute Gasteiger partial charge is 0.321 e. The van der Waals surface area contributed by atoms with Gasteiger partial charge in [-0.3, -0.25) is 19.3 Å². The molecule has 0 unspecified atom stereocenters. The number of nitro benzene ring substituents is 1. The van der Waals surface area contributed by atoms with Crippen molar-refractivity contribution in [1.29, 1.82) is 0 Å². The lowest BCUT2D eigenvalue weighted by molar-refractivity contribution is -0.384. The minimum absolute atomic E-state index is 0.00685. The molecular weight excluding hydrogens is 412 g/mol. The van der Waals surface area contributed by atoms with Crippen LogP contribution in [0, 0.1) is 24.0 Å². The highest BCUT2D eigenvalue weighted by molar-refractivity contribution is 7.19. The molecule has 7 nitrogen and oxygen atoms in total. The van der Waals surface area contributed by atoms with E-state index in [-0.39, 0.29) is 11.6 Å². The summed E-state index contributed by atoms with van der Waals surface area (Å²) in [6.45, 7) is 3.73. The van der Waals surface area contributed by atoms with Crippen molar-refractivity contribution in [3.63, 3.8) is 0 Å². The van der Waals surface area contributed by atoms with Gasteiger partial charge in [-0.2, -0.15) is 0 Å². The molecule has 0 atom stereocenters. The molecule has 29 heavy (non-hydrogen) atoms. The van der Waals surface area contributed by atoms with E-state index in [1.165, 1.54) is 23.5 Å². The van der Waals surface area contributed by atoms with Crippen LogP contribution in [0.5, 0.6) is 0 Å². The highest BCUT2D eigenvalue weighted by atomic mass is 35.5. The summed E-state index contributed by atoms with van der Waals surface area (Å²) in [4.78, 5) is 29.0. The normalized spacial score (nSPS) is 11.0. The van der Waals surface area contributed by atoms with Gasteiger partial charge >= 0.3 is 0 Å². The Kier molecular flexibility index (Phi) is 4.81. The molecule has 9 heteroatoms. The van der Waals surface area contributed by atoms with Crippen molar-refractivity contribution in [1.82, 2.24) is 9.38 Å². The number of nitrogens with one attached hydrogen (secondary N) is 1. The molecule has 2 aromatic heterocycles. The summed E-state index contributed by atoms with van der Waals surface area (Å²) in [7, 11) is 0. The Morgan fingerprint density at radius 1 is 1.24 bits per heavy atom. The van der Waals surface area contributed by atoms with Crippen LogP contribution in [0.1, 0.15) is 20.9 Å². The number of hydrogen-bond donors (Lipinski definition) is 1. The van der Waals surface area contributed by atoms with E-state index in [0.29, 0.717) is 31.8 Å². The highest BCUT2D eigenvalue weighted by Crippen LogP contribution is 2.29. The van der Waals surface area contributed by atoms with Crippen molar-refractivity contribution in [2.24, 2.45) is 0 Å². The van der Waals surface area contributed by atoms with Crippen LogP contribution in [-0.4, -0.2) is 20.2 Å². The maximum Gasteiger partial charge on any atom is 0.270 e. The van der Waals surface area contributed by atoms with E-state index in [4.69, 9.17) is 11.6 Å². The maximum absolute atomic E-state index is 12.7. The molecule has 0 saturated carbocycles. The van der Waals surface area contributed by atoms with Gasteiger partial charge in [0.15, 0.2) is 4.96 Å². The van der Waals surface area contributed by atoms with E-state index in [2.05, 4.69) is 10.3 Å². The first-order valence-corrected chi connectivity index (χ1v) is 9.84. The lowest BCUT2D eigenvalue weighted by Crippen LogP contribution is -2.12. The van der Waals surface area contributed by atoms with Gasteiger partial charge in [0.2, 0.25) is 0 Å². The zero-order valence-corrected chi connectivity index (χ0v) is 17.0. The number of rotatable bonds is 4. The second kappa shape index (κ2) is 7.31. The molecule has 0 aliphatic carbocycles. The maximum atomic E-state index is 12.7. The predicted octanol–water partition coefficient (Wildman–Crippen LogP) is 5.49.